The summed E-state index contributed by atoms with van der Waals surface area (Å²) in [6.07, 6.45) is 2.43. The first-order valence-corrected chi connectivity index (χ1v) is 8.74. The van der Waals surface area contributed by atoms with E-state index in [0.717, 1.165) is 36.8 Å². The minimum atomic E-state index is 0.440. The van der Waals surface area contributed by atoms with Crippen LogP contribution in [0.3, 0.4) is 0 Å². The van der Waals surface area contributed by atoms with Crippen LogP contribution < -0.4 is 5.32 Å². The molecule has 0 aromatic rings. The Balaban J connectivity index is 1.94. The summed E-state index contributed by atoms with van der Waals surface area (Å²) in [6.45, 7) is 14.8. The summed E-state index contributed by atoms with van der Waals surface area (Å²) in [7, 11) is 0. The summed E-state index contributed by atoms with van der Waals surface area (Å²) in [6, 6.07) is 0. The third kappa shape index (κ3) is 4.62. The van der Waals surface area contributed by atoms with Crippen LogP contribution in [0.4, 0.5) is 0 Å². The van der Waals surface area contributed by atoms with Crippen molar-refractivity contribution in [1.82, 2.24) is 10.2 Å². The maximum Gasteiger partial charge on any atom is 0.0472 e. The molecule has 2 atom stereocenters. The molecule has 0 bridgehead atoms. The van der Waals surface area contributed by atoms with E-state index < -0.39 is 0 Å². The Morgan fingerprint density at radius 3 is 2.42 bits per heavy atom. The van der Waals surface area contributed by atoms with Crippen LogP contribution in [-0.4, -0.2) is 61.3 Å². The van der Waals surface area contributed by atoms with E-state index >= 15 is 0 Å². The fourth-order valence-corrected chi connectivity index (χ4v) is 4.86. The van der Waals surface area contributed by atoms with Crippen LogP contribution in [0.2, 0.25) is 0 Å². The van der Waals surface area contributed by atoms with Crippen molar-refractivity contribution in [2.75, 3.05) is 45.9 Å². The van der Waals surface area contributed by atoms with E-state index in [1.165, 1.54) is 32.5 Å². The molecule has 0 radical (unpaired) electrons. The first kappa shape index (κ1) is 15.6. The molecule has 0 aromatic carbocycles. The van der Waals surface area contributed by atoms with Crippen molar-refractivity contribution in [2.24, 2.45) is 5.41 Å². The van der Waals surface area contributed by atoms with Gasteiger partial charge in [-0.1, -0.05) is 20.8 Å². The molecular formula is C15H30N2OS. The molecule has 2 heterocycles. The largest absolute Gasteiger partial charge is 0.381 e. The summed E-state index contributed by atoms with van der Waals surface area (Å²) in [5.74, 6) is 0. The van der Waals surface area contributed by atoms with Gasteiger partial charge in [-0.2, -0.15) is 11.8 Å². The average Bonchev–Trinajstić information content (AvgIpc) is 2.36. The van der Waals surface area contributed by atoms with Gasteiger partial charge in [0.25, 0.3) is 0 Å². The number of thioether (sulfide) groups is 1. The molecular weight excluding hydrogens is 256 g/mol. The minimum absolute atomic E-state index is 0.440. The Hall–Kier alpha value is 0.230. The van der Waals surface area contributed by atoms with E-state index in [1.54, 1.807) is 0 Å². The molecule has 2 unspecified atom stereocenters. The van der Waals surface area contributed by atoms with Gasteiger partial charge in [-0.15, -0.1) is 0 Å². The Kier molecular flexibility index (Phi) is 6.00. The highest BCUT2D eigenvalue weighted by molar-refractivity contribution is 8.00. The highest BCUT2D eigenvalue weighted by Gasteiger charge is 2.35. The van der Waals surface area contributed by atoms with E-state index in [-0.39, 0.29) is 0 Å². The zero-order valence-electron chi connectivity index (χ0n) is 12.8. The van der Waals surface area contributed by atoms with Crippen LogP contribution in [0.15, 0.2) is 0 Å². The van der Waals surface area contributed by atoms with Gasteiger partial charge in [0, 0.05) is 49.9 Å². The van der Waals surface area contributed by atoms with Gasteiger partial charge in [0.1, 0.15) is 0 Å². The molecule has 2 aliphatic rings. The van der Waals surface area contributed by atoms with Crippen LogP contribution >= 0.6 is 11.8 Å². The number of hydrogen-bond donors (Lipinski definition) is 1. The van der Waals surface area contributed by atoms with Gasteiger partial charge in [-0.05, 0) is 24.8 Å². The van der Waals surface area contributed by atoms with Gasteiger partial charge in [0.15, 0.2) is 0 Å². The van der Waals surface area contributed by atoms with E-state index in [4.69, 9.17) is 4.74 Å². The normalized spacial score (nSPS) is 32.4. The predicted octanol–water partition coefficient (Wildman–Crippen LogP) is 2.22. The maximum atomic E-state index is 5.59. The number of ether oxygens (including phenoxy) is 1. The monoisotopic (exact) mass is 286 g/mol. The highest BCUT2D eigenvalue weighted by atomic mass is 32.2. The smallest absolute Gasteiger partial charge is 0.0472 e. The maximum absolute atomic E-state index is 5.59. The summed E-state index contributed by atoms with van der Waals surface area (Å²) >= 11 is 2.14. The SMILES string of the molecule is CCNCC1(CN2CC(C)SC(C)C2)CCOCC1. The van der Waals surface area contributed by atoms with Crippen molar-refractivity contribution < 1.29 is 4.74 Å². The van der Waals surface area contributed by atoms with Crippen molar-refractivity contribution >= 4 is 11.8 Å². The van der Waals surface area contributed by atoms with Gasteiger partial charge in [-0.25, -0.2) is 0 Å². The lowest BCUT2D eigenvalue weighted by atomic mass is 9.79. The Labute approximate surface area is 122 Å². The zero-order valence-corrected chi connectivity index (χ0v) is 13.6. The van der Waals surface area contributed by atoms with Crippen molar-refractivity contribution in [2.45, 2.75) is 44.1 Å². The van der Waals surface area contributed by atoms with E-state index in [2.05, 4.69) is 42.7 Å². The lowest BCUT2D eigenvalue weighted by Gasteiger charge is -2.44. The zero-order chi connectivity index (χ0) is 13.7. The average molecular weight is 286 g/mol. The molecule has 4 heteroatoms. The number of hydrogen-bond acceptors (Lipinski definition) is 4. The second kappa shape index (κ2) is 7.30. The topological polar surface area (TPSA) is 24.5 Å². The lowest BCUT2D eigenvalue weighted by Crippen LogP contribution is -2.51. The Bertz CT molecular complexity index is 259. The highest BCUT2D eigenvalue weighted by Crippen LogP contribution is 2.33. The molecule has 2 saturated heterocycles. The van der Waals surface area contributed by atoms with Crippen LogP contribution in [0.25, 0.3) is 0 Å². The van der Waals surface area contributed by atoms with Crippen molar-refractivity contribution in [3.05, 3.63) is 0 Å². The molecule has 112 valence electrons. The van der Waals surface area contributed by atoms with Gasteiger partial charge in [-0.3, -0.25) is 0 Å². The number of nitrogens with zero attached hydrogens (tertiary/aromatic N) is 1. The van der Waals surface area contributed by atoms with Crippen LogP contribution in [-0.2, 0) is 4.74 Å². The van der Waals surface area contributed by atoms with Gasteiger partial charge < -0.3 is 15.0 Å². The van der Waals surface area contributed by atoms with Gasteiger partial charge in [0.2, 0.25) is 0 Å². The van der Waals surface area contributed by atoms with Crippen LogP contribution in [0, 0.1) is 5.41 Å². The molecule has 2 rings (SSSR count). The molecule has 1 N–H and O–H groups in total. The van der Waals surface area contributed by atoms with Crippen molar-refractivity contribution in [3.8, 4) is 0 Å². The Morgan fingerprint density at radius 2 is 1.84 bits per heavy atom. The minimum Gasteiger partial charge on any atom is -0.381 e. The predicted molar refractivity (Wildman–Crippen MR) is 84.0 cm³/mol. The third-order valence-electron chi connectivity index (χ3n) is 4.36. The first-order valence-electron chi connectivity index (χ1n) is 7.80. The second-order valence-corrected chi connectivity index (χ2v) is 8.23. The third-order valence-corrected chi connectivity index (χ3v) is 5.59. The summed E-state index contributed by atoms with van der Waals surface area (Å²) < 4.78 is 5.59. The van der Waals surface area contributed by atoms with E-state index in [1.807, 2.05) is 0 Å². The standard InChI is InChI=1S/C15H30N2OS/c1-4-16-11-15(5-7-18-8-6-15)12-17-9-13(2)19-14(3)10-17/h13-14,16H,4-12H2,1-3H3. The molecule has 0 amide bonds. The Morgan fingerprint density at radius 1 is 1.21 bits per heavy atom. The fourth-order valence-electron chi connectivity index (χ4n) is 3.47. The molecule has 2 aliphatic heterocycles. The molecule has 3 nitrogen and oxygen atoms in total. The summed E-state index contributed by atoms with van der Waals surface area (Å²) in [5, 5.41) is 5.14. The van der Waals surface area contributed by atoms with Crippen LogP contribution in [0.5, 0.6) is 0 Å². The molecule has 2 fully saturated rings. The summed E-state index contributed by atoms with van der Waals surface area (Å²) in [5.41, 5.74) is 0.440. The molecule has 19 heavy (non-hydrogen) atoms. The number of rotatable bonds is 5. The molecule has 0 saturated carbocycles. The van der Waals surface area contributed by atoms with Gasteiger partial charge in [0.05, 0.1) is 0 Å². The van der Waals surface area contributed by atoms with Crippen molar-refractivity contribution in [1.29, 1.82) is 0 Å². The van der Waals surface area contributed by atoms with Gasteiger partial charge >= 0.3 is 0 Å². The fraction of sp³-hybridized carbons (Fsp3) is 1.00. The molecule has 0 spiro atoms. The first-order chi connectivity index (χ1) is 9.13. The van der Waals surface area contributed by atoms with E-state index in [0.29, 0.717) is 5.41 Å². The quantitative estimate of drug-likeness (QED) is 0.837. The number of nitrogens with one attached hydrogen (secondary N) is 1. The second-order valence-electron chi connectivity index (χ2n) is 6.34. The lowest BCUT2D eigenvalue weighted by molar-refractivity contribution is -0.00434. The summed E-state index contributed by atoms with van der Waals surface area (Å²) in [4.78, 5) is 2.70. The van der Waals surface area contributed by atoms with E-state index in [9.17, 15) is 0 Å². The van der Waals surface area contributed by atoms with Crippen LogP contribution in [0.1, 0.15) is 33.6 Å². The molecule has 0 aromatic heterocycles. The molecule has 0 aliphatic carbocycles. The van der Waals surface area contributed by atoms with Crippen molar-refractivity contribution in [3.63, 3.8) is 0 Å².